The molecule has 3 heterocycles. The van der Waals surface area contributed by atoms with Crippen molar-refractivity contribution in [2.75, 3.05) is 63.7 Å². The number of ether oxygens (including phenoxy) is 1. The fourth-order valence-electron chi connectivity index (χ4n) is 3.74. The molecule has 26 heavy (non-hydrogen) atoms. The highest BCUT2D eigenvalue weighted by Crippen LogP contribution is 2.30. The number of hydrogen-bond acceptors (Lipinski definition) is 7. The fraction of sp³-hybridized carbons (Fsp3) is 0.867. The molecule has 0 bridgehead atoms. The van der Waals surface area contributed by atoms with Gasteiger partial charge in [0.2, 0.25) is 10.0 Å². The third-order valence-electron chi connectivity index (χ3n) is 5.29. The summed E-state index contributed by atoms with van der Waals surface area (Å²) in [7, 11) is -3.65. The second-order valence-corrected chi connectivity index (χ2v) is 10.00. The predicted octanol–water partition coefficient (Wildman–Crippen LogP) is -0.00880. The highest BCUT2D eigenvalue weighted by molar-refractivity contribution is 7.99. The van der Waals surface area contributed by atoms with Crippen LogP contribution in [0.5, 0.6) is 0 Å². The lowest BCUT2D eigenvalue weighted by Gasteiger charge is -2.48. The normalized spacial score (nSPS) is 24.7. The van der Waals surface area contributed by atoms with Crippen LogP contribution in [-0.4, -0.2) is 104 Å². The SMILES string of the molecule is CS(=O)(=O)N1CCN(C(=O)NCC2(N3CCSCC3)CCOCC2)C1=O. The summed E-state index contributed by atoms with van der Waals surface area (Å²) in [5.74, 6) is 2.15. The number of hydrogen-bond donors (Lipinski definition) is 1. The molecule has 3 fully saturated rings. The second-order valence-electron chi connectivity index (χ2n) is 6.86. The molecular weight excluding hydrogens is 380 g/mol. The Labute approximate surface area is 158 Å². The first-order valence-corrected chi connectivity index (χ1v) is 11.8. The molecule has 0 aromatic carbocycles. The molecule has 3 saturated heterocycles. The van der Waals surface area contributed by atoms with Crippen LogP contribution in [0.2, 0.25) is 0 Å². The number of imide groups is 1. The zero-order valence-electron chi connectivity index (χ0n) is 15.0. The van der Waals surface area contributed by atoms with Crippen LogP contribution < -0.4 is 5.32 Å². The Bertz CT molecular complexity index is 644. The summed E-state index contributed by atoms with van der Waals surface area (Å²) in [6.45, 7) is 3.79. The van der Waals surface area contributed by atoms with E-state index in [-0.39, 0.29) is 18.6 Å². The van der Waals surface area contributed by atoms with E-state index in [9.17, 15) is 18.0 Å². The van der Waals surface area contributed by atoms with Crippen molar-refractivity contribution in [2.45, 2.75) is 18.4 Å². The van der Waals surface area contributed by atoms with Crippen molar-refractivity contribution in [2.24, 2.45) is 0 Å². The van der Waals surface area contributed by atoms with Gasteiger partial charge in [-0.1, -0.05) is 0 Å². The Kier molecular flexibility index (Phi) is 6.00. The number of rotatable bonds is 4. The lowest BCUT2D eigenvalue weighted by molar-refractivity contribution is -0.0233. The van der Waals surface area contributed by atoms with Gasteiger partial charge in [-0.15, -0.1) is 0 Å². The van der Waals surface area contributed by atoms with Gasteiger partial charge < -0.3 is 10.1 Å². The van der Waals surface area contributed by atoms with Crippen LogP contribution in [0.1, 0.15) is 12.8 Å². The maximum absolute atomic E-state index is 12.5. The number of sulfonamides is 1. The Morgan fingerprint density at radius 1 is 1.19 bits per heavy atom. The van der Waals surface area contributed by atoms with Crippen molar-refractivity contribution in [1.29, 1.82) is 0 Å². The maximum Gasteiger partial charge on any atom is 0.341 e. The van der Waals surface area contributed by atoms with Gasteiger partial charge in [-0.3, -0.25) is 4.90 Å². The minimum atomic E-state index is -3.65. The summed E-state index contributed by atoms with van der Waals surface area (Å²) < 4.78 is 29.4. The molecule has 0 unspecified atom stereocenters. The van der Waals surface area contributed by atoms with E-state index in [2.05, 4.69) is 10.2 Å². The number of thioether (sulfide) groups is 1. The van der Waals surface area contributed by atoms with Crippen LogP contribution in [0.25, 0.3) is 0 Å². The van der Waals surface area contributed by atoms with Crippen molar-refractivity contribution in [3.05, 3.63) is 0 Å². The monoisotopic (exact) mass is 406 g/mol. The van der Waals surface area contributed by atoms with Crippen LogP contribution in [0.4, 0.5) is 9.59 Å². The quantitative estimate of drug-likeness (QED) is 0.701. The zero-order valence-corrected chi connectivity index (χ0v) is 16.6. The molecule has 3 rings (SSSR count). The Hall–Kier alpha value is -1.04. The van der Waals surface area contributed by atoms with Crippen LogP contribution in [0.15, 0.2) is 0 Å². The highest BCUT2D eigenvalue weighted by Gasteiger charge is 2.42. The van der Waals surface area contributed by atoms with Crippen LogP contribution in [-0.2, 0) is 14.8 Å². The van der Waals surface area contributed by atoms with E-state index >= 15 is 0 Å². The average molecular weight is 407 g/mol. The molecule has 0 saturated carbocycles. The number of amides is 4. The standard InChI is InChI=1S/C15H26N4O5S2/c1-26(22,23)19-5-4-18(14(19)21)13(20)16-12-15(2-8-24-9-3-15)17-6-10-25-11-7-17/h2-12H2,1H3,(H,16,20). The first kappa shape index (κ1) is 19.7. The molecule has 0 aromatic heterocycles. The van der Waals surface area contributed by atoms with Crippen molar-refractivity contribution in [1.82, 2.24) is 19.4 Å². The molecule has 1 N–H and O–H groups in total. The van der Waals surface area contributed by atoms with E-state index in [1.807, 2.05) is 11.8 Å². The van der Waals surface area contributed by atoms with Crippen molar-refractivity contribution in [3.63, 3.8) is 0 Å². The number of nitrogens with one attached hydrogen (secondary N) is 1. The average Bonchev–Trinajstić information content (AvgIpc) is 3.03. The van der Waals surface area contributed by atoms with Gasteiger partial charge in [0, 0.05) is 49.9 Å². The minimum absolute atomic E-state index is 0.00736. The van der Waals surface area contributed by atoms with Gasteiger partial charge in [-0.2, -0.15) is 11.8 Å². The van der Waals surface area contributed by atoms with Gasteiger partial charge in [0.25, 0.3) is 0 Å². The van der Waals surface area contributed by atoms with Gasteiger partial charge in [0.1, 0.15) is 0 Å². The van der Waals surface area contributed by atoms with Crippen molar-refractivity contribution < 1.29 is 22.7 Å². The molecule has 148 valence electrons. The maximum atomic E-state index is 12.5. The number of urea groups is 2. The van der Waals surface area contributed by atoms with Gasteiger partial charge >= 0.3 is 12.1 Å². The van der Waals surface area contributed by atoms with Crippen LogP contribution >= 0.6 is 11.8 Å². The van der Waals surface area contributed by atoms with E-state index < -0.39 is 22.1 Å². The first-order valence-electron chi connectivity index (χ1n) is 8.81. The molecule has 0 aromatic rings. The topological polar surface area (TPSA) is 99.3 Å². The molecule has 3 aliphatic rings. The summed E-state index contributed by atoms with van der Waals surface area (Å²) in [5, 5.41) is 2.88. The molecule has 4 amide bonds. The van der Waals surface area contributed by atoms with Gasteiger partial charge in [-0.25, -0.2) is 27.2 Å². The second kappa shape index (κ2) is 7.91. The van der Waals surface area contributed by atoms with Crippen molar-refractivity contribution in [3.8, 4) is 0 Å². The van der Waals surface area contributed by atoms with Gasteiger partial charge in [0.15, 0.2) is 0 Å². The Balaban J connectivity index is 1.64. The lowest BCUT2D eigenvalue weighted by atomic mass is 9.87. The summed E-state index contributed by atoms with van der Waals surface area (Å²) in [5.41, 5.74) is -0.159. The van der Waals surface area contributed by atoms with Crippen molar-refractivity contribution >= 4 is 33.8 Å². The third kappa shape index (κ3) is 4.10. The molecule has 11 heteroatoms. The first-order chi connectivity index (χ1) is 12.3. The van der Waals surface area contributed by atoms with E-state index in [4.69, 9.17) is 4.74 Å². The van der Waals surface area contributed by atoms with E-state index in [0.717, 1.165) is 52.9 Å². The molecule has 0 aliphatic carbocycles. The number of carbonyl (C=O) groups excluding carboxylic acids is 2. The van der Waals surface area contributed by atoms with Gasteiger partial charge in [0.05, 0.1) is 19.3 Å². The Morgan fingerprint density at radius 3 is 2.42 bits per heavy atom. The zero-order chi connectivity index (χ0) is 18.8. The summed E-state index contributed by atoms with van der Waals surface area (Å²) in [6.07, 6.45) is 2.64. The smallest absolute Gasteiger partial charge is 0.341 e. The largest absolute Gasteiger partial charge is 0.381 e. The van der Waals surface area contributed by atoms with E-state index in [1.54, 1.807) is 0 Å². The van der Waals surface area contributed by atoms with Gasteiger partial charge in [-0.05, 0) is 12.8 Å². The number of nitrogens with zero attached hydrogens (tertiary/aromatic N) is 3. The molecule has 3 aliphatic heterocycles. The molecule has 0 spiro atoms. The molecular formula is C15H26N4O5S2. The van der Waals surface area contributed by atoms with E-state index in [1.165, 1.54) is 0 Å². The summed E-state index contributed by atoms with van der Waals surface area (Å²) in [4.78, 5) is 28.1. The molecule has 0 radical (unpaired) electrons. The highest BCUT2D eigenvalue weighted by atomic mass is 32.2. The third-order valence-corrected chi connectivity index (χ3v) is 7.37. The van der Waals surface area contributed by atoms with Crippen LogP contribution in [0.3, 0.4) is 0 Å². The number of carbonyl (C=O) groups is 2. The van der Waals surface area contributed by atoms with E-state index in [0.29, 0.717) is 19.8 Å². The summed E-state index contributed by atoms with van der Waals surface area (Å²) in [6, 6.07) is -1.31. The lowest BCUT2D eigenvalue weighted by Crippen LogP contribution is -2.61. The summed E-state index contributed by atoms with van der Waals surface area (Å²) >= 11 is 1.93. The fourth-order valence-corrected chi connectivity index (χ4v) is 5.44. The Morgan fingerprint density at radius 2 is 1.85 bits per heavy atom. The predicted molar refractivity (Wildman–Crippen MR) is 98.7 cm³/mol. The molecule has 9 nitrogen and oxygen atoms in total. The van der Waals surface area contributed by atoms with Crippen LogP contribution in [0, 0.1) is 0 Å². The molecule has 0 atom stereocenters. The minimum Gasteiger partial charge on any atom is -0.381 e.